The second-order valence-corrected chi connectivity index (χ2v) is 8.69. The van der Waals surface area contributed by atoms with Gasteiger partial charge in [-0.2, -0.15) is 5.10 Å². The van der Waals surface area contributed by atoms with E-state index < -0.39 is 0 Å². The maximum absolute atomic E-state index is 13.6. The van der Waals surface area contributed by atoms with E-state index in [1.165, 1.54) is 28.2 Å². The van der Waals surface area contributed by atoms with Crippen LogP contribution in [0.15, 0.2) is 29.1 Å². The summed E-state index contributed by atoms with van der Waals surface area (Å²) in [6.07, 6.45) is 0. The topological polar surface area (TPSA) is 80.1 Å². The second-order valence-electron chi connectivity index (χ2n) is 7.69. The van der Waals surface area contributed by atoms with Crippen LogP contribution in [0.3, 0.4) is 0 Å². The maximum atomic E-state index is 13.6. The molecular formula is C22H26FN5O2S. The first kappa shape index (κ1) is 22.8. The number of benzene rings is 1. The minimum Gasteiger partial charge on any atom is -0.349 e. The highest BCUT2D eigenvalue weighted by atomic mass is 32.1. The van der Waals surface area contributed by atoms with Crippen LogP contribution in [0, 0.1) is 26.6 Å². The lowest BCUT2D eigenvalue weighted by Crippen LogP contribution is -2.34. The molecule has 1 aromatic carbocycles. The fourth-order valence-corrected chi connectivity index (χ4v) is 4.47. The highest BCUT2D eigenvalue weighted by Crippen LogP contribution is 2.29. The standard InChI is InChI=1S/C22H26FN5O2S/c1-12-13(2)26-28(6)22(30)18(12)21-25-14(3)19(31-21)20(29)24-11-17(27(4)5)15-8-7-9-16(23)10-15/h7-10,17H,11H2,1-6H3,(H,24,29). The van der Waals surface area contributed by atoms with E-state index in [0.29, 0.717) is 27.7 Å². The van der Waals surface area contributed by atoms with Crippen molar-refractivity contribution in [2.24, 2.45) is 7.05 Å². The van der Waals surface area contributed by atoms with Crippen molar-refractivity contribution in [2.75, 3.05) is 20.6 Å². The van der Waals surface area contributed by atoms with Crippen molar-refractivity contribution in [1.82, 2.24) is 25.0 Å². The van der Waals surface area contributed by atoms with Crippen molar-refractivity contribution < 1.29 is 9.18 Å². The smallest absolute Gasteiger partial charge is 0.277 e. The molecule has 1 amide bonds. The summed E-state index contributed by atoms with van der Waals surface area (Å²) in [6, 6.07) is 6.16. The largest absolute Gasteiger partial charge is 0.349 e. The molecule has 2 heterocycles. The van der Waals surface area contributed by atoms with E-state index in [1.807, 2.05) is 38.9 Å². The first-order valence-electron chi connectivity index (χ1n) is 9.82. The van der Waals surface area contributed by atoms with Crippen molar-refractivity contribution in [3.8, 4) is 10.6 Å². The highest BCUT2D eigenvalue weighted by Gasteiger charge is 2.22. The number of aromatic nitrogens is 3. The van der Waals surface area contributed by atoms with Gasteiger partial charge in [-0.05, 0) is 58.1 Å². The van der Waals surface area contributed by atoms with Gasteiger partial charge in [0.1, 0.15) is 15.7 Å². The quantitative estimate of drug-likeness (QED) is 0.634. The lowest BCUT2D eigenvalue weighted by molar-refractivity contribution is 0.0945. The fraction of sp³-hybridized carbons (Fsp3) is 0.364. The van der Waals surface area contributed by atoms with Crippen LogP contribution in [0.25, 0.3) is 10.6 Å². The molecular weight excluding hydrogens is 417 g/mol. The molecule has 7 nitrogen and oxygen atoms in total. The lowest BCUT2D eigenvalue weighted by Gasteiger charge is -2.25. The number of nitrogens with zero attached hydrogens (tertiary/aromatic N) is 4. The molecule has 164 valence electrons. The number of thiazole rings is 1. The molecule has 0 aliphatic rings. The summed E-state index contributed by atoms with van der Waals surface area (Å²) in [6.45, 7) is 5.71. The van der Waals surface area contributed by atoms with Gasteiger partial charge in [-0.25, -0.2) is 14.1 Å². The molecule has 1 unspecified atom stereocenters. The van der Waals surface area contributed by atoms with Crippen LogP contribution in [-0.4, -0.2) is 46.2 Å². The second kappa shape index (κ2) is 9.07. The normalized spacial score (nSPS) is 12.3. The predicted molar refractivity (Wildman–Crippen MR) is 120 cm³/mol. The Morgan fingerprint density at radius 2 is 1.97 bits per heavy atom. The lowest BCUT2D eigenvalue weighted by atomic mass is 10.1. The van der Waals surface area contributed by atoms with Crippen LogP contribution < -0.4 is 10.9 Å². The number of carbonyl (C=O) groups excluding carboxylic acids is 1. The number of rotatable bonds is 6. The molecule has 0 spiro atoms. The number of hydrogen-bond donors (Lipinski definition) is 1. The Balaban J connectivity index is 1.86. The third-order valence-corrected chi connectivity index (χ3v) is 6.43. The van der Waals surface area contributed by atoms with Crippen molar-refractivity contribution in [3.05, 3.63) is 67.8 Å². The molecule has 2 aromatic heterocycles. The molecule has 0 aliphatic carbocycles. The Kier molecular flexibility index (Phi) is 6.66. The molecule has 0 bridgehead atoms. The summed E-state index contributed by atoms with van der Waals surface area (Å²) in [5.74, 6) is -0.590. The molecule has 0 fully saturated rings. The van der Waals surface area contributed by atoms with Crippen molar-refractivity contribution in [3.63, 3.8) is 0 Å². The van der Waals surface area contributed by atoms with Gasteiger partial charge in [0.2, 0.25) is 0 Å². The van der Waals surface area contributed by atoms with Crippen LogP contribution in [-0.2, 0) is 7.05 Å². The summed E-state index contributed by atoms with van der Waals surface area (Å²) < 4.78 is 14.9. The number of likely N-dealkylation sites (N-methyl/N-ethyl adjacent to an activating group) is 1. The Morgan fingerprint density at radius 1 is 1.26 bits per heavy atom. The van der Waals surface area contributed by atoms with E-state index >= 15 is 0 Å². The first-order chi connectivity index (χ1) is 14.6. The summed E-state index contributed by atoms with van der Waals surface area (Å²) >= 11 is 1.19. The van der Waals surface area contributed by atoms with Crippen molar-refractivity contribution in [2.45, 2.75) is 26.8 Å². The Bertz CT molecular complexity index is 1190. The summed E-state index contributed by atoms with van der Waals surface area (Å²) in [5, 5.41) is 7.62. The van der Waals surface area contributed by atoms with Crippen LogP contribution in [0.1, 0.15) is 38.2 Å². The zero-order chi connectivity index (χ0) is 22.9. The molecule has 1 N–H and O–H groups in total. The van der Waals surface area contributed by atoms with Crippen LogP contribution in [0.2, 0.25) is 0 Å². The summed E-state index contributed by atoms with van der Waals surface area (Å²) in [4.78, 5) is 32.4. The fourth-order valence-electron chi connectivity index (χ4n) is 3.40. The van der Waals surface area contributed by atoms with Gasteiger partial charge < -0.3 is 10.2 Å². The molecule has 0 saturated carbocycles. The molecule has 0 aliphatic heterocycles. The molecule has 31 heavy (non-hydrogen) atoms. The van der Waals surface area contributed by atoms with E-state index in [1.54, 1.807) is 20.0 Å². The van der Waals surface area contributed by atoms with E-state index in [0.717, 1.165) is 16.8 Å². The monoisotopic (exact) mass is 443 g/mol. The van der Waals surface area contributed by atoms with E-state index in [9.17, 15) is 14.0 Å². The average molecular weight is 444 g/mol. The van der Waals surface area contributed by atoms with Gasteiger partial charge in [0.05, 0.1) is 23.0 Å². The summed E-state index contributed by atoms with van der Waals surface area (Å²) in [7, 11) is 5.35. The number of nitrogens with one attached hydrogen (secondary N) is 1. The van der Waals surface area contributed by atoms with E-state index in [2.05, 4.69) is 15.4 Å². The Labute approximate surface area is 184 Å². The van der Waals surface area contributed by atoms with Gasteiger partial charge in [0, 0.05) is 13.6 Å². The molecule has 3 rings (SSSR count). The predicted octanol–water partition coefficient (Wildman–Crippen LogP) is 3.00. The van der Waals surface area contributed by atoms with Gasteiger partial charge in [-0.3, -0.25) is 9.59 Å². The number of halogens is 1. The van der Waals surface area contributed by atoms with Gasteiger partial charge in [0.15, 0.2) is 0 Å². The van der Waals surface area contributed by atoms with Crippen molar-refractivity contribution in [1.29, 1.82) is 0 Å². The SMILES string of the molecule is Cc1nc(-c2c(C)c(C)nn(C)c2=O)sc1C(=O)NCC(c1cccc(F)c1)N(C)C. The third kappa shape index (κ3) is 4.72. The molecule has 0 radical (unpaired) electrons. The van der Waals surface area contributed by atoms with E-state index in [-0.39, 0.29) is 23.3 Å². The highest BCUT2D eigenvalue weighted by molar-refractivity contribution is 7.17. The van der Waals surface area contributed by atoms with Gasteiger partial charge >= 0.3 is 0 Å². The van der Waals surface area contributed by atoms with E-state index in [4.69, 9.17) is 0 Å². The zero-order valence-corrected chi connectivity index (χ0v) is 19.3. The molecule has 1 atom stereocenters. The Hall–Kier alpha value is -2.91. The summed E-state index contributed by atoms with van der Waals surface area (Å²) in [5.41, 5.74) is 3.04. The van der Waals surface area contributed by atoms with Gasteiger partial charge in [-0.1, -0.05) is 12.1 Å². The first-order valence-corrected chi connectivity index (χ1v) is 10.6. The minimum absolute atomic E-state index is 0.190. The molecule has 9 heteroatoms. The average Bonchev–Trinajstić information content (AvgIpc) is 3.08. The zero-order valence-electron chi connectivity index (χ0n) is 18.5. The number of hydrogen-bond acceptors (Lipinski definition) is 6. The minimum atomic E-state index is -0.316. The number of amides is 1. The van der Waals surface area contributed by atoms with Crippen molar-refractivity contribution >= 4 is 17.2 Å². The molecule has 3 aromatic rings. The van der Waals surface area contributed by atoms with Crippen LogP contribution in [0.4, 0.5) is 4.39 Å². The maximum Gasteiger partial charge on any atom is 0.277 e. The van der Waals surface area contributed by atoms with Gasteiger partial charge in [0.25, 0.3) is 11.5 Å². The van der Waals surface area contributed by atoms with Crippen LogP contribution >= 0.6 is 11.3 Å². The third-order valence-electron chi connectivity index (χ3n) is 5.25. The molecule has 0 saturated heterocycles. The van der Waals surface area contributed by atoms with Gasteiger partial charge in [-0.15, -0.1) is 11.3 Å². The Morgan fingerprint density at radius 3 is 2.61 bits per heavy atom. The number of aryl methyl sites for hydroxylation is 3. The number of carbonyl (C=O) groups is 1. The van der Waals surface area contributed by atoms with Crippen LogP contribution in [0.5, 0.6) is 0 Å².